The Kier molecular flexibility index (Phi) is 9.79. The van der Waals surface area contributed by atoms with Crippen molar-refractivity contribution >= 4 is 46.8 Å². The summed E-state index contributed by atoms with van der Waals surface area (Å²) in [5, 5.41) is 36.3. The molecular formula is C31H28ClF3N10O8. The number of hydrogen-bond donors (Lipinski definition) is 3. The standard InChI is InChI=1S/C31H28ClF3N10O8/c1-40-23(20-15-44(39-25(20)31(33,34)35)24-5-3-17(12-36-24)45(52)53)13-37-26(40)27(47)38-16-2-4-19(21(32)10-16)28(48)41-6-8-42(9-7-41)29(49)22-11-18(46)14-43(22)30(50)51/h2-5,10,12-13,15,18,22,46H,6-9,11,14H2,1H3,(H,38,47)(H,50,51)/t18-,22+/m1/s1. The van der Waals surface area contributed by atoms with Crippen molar-refractivity contribution in [3.05, 3.63) is 81.1 Å². The van der Waals surface area contributed by atoms with Gasteiger partial charge in [0.1, 0.15) is 12.2 Å². The smallest absolute Gasteiger partial charge is 0.435 e. The van der Waals surface area contributed by atoms with Crippen LogP contribution in [0.4, 0.5) is 29.3 Å². The number of amides is 4. The maximum Gasteiger partial charge on any atom is 0.435 e. The number of hydrogen-bond acceptors (Lipinski definition) is 10. The second kappa shape index (κ2) is 14.1. The maximum absolute atomic E-state index is 14.0. The molecule has 2 atom stereocenters. The molecule has 3 aromatic heterocycles. The normalized spacial score (nSPS) is 17.6. The number of piperazine rings is 1. The van der Waals surface area contributed by atoms with E-state index < -0.39 is 58.3 Å². The number of aliphatic hydroxyl groups is 1. The number of halogens is 4. The van der Waals surface area contributed by atoms with Crippen LogP contribution >= 0.6 is 11.6 Å². The highest BCUT2D eigenvalue weighted by atomic mass is 35.5. The largest absolute Gasteiger partial charge is 0.465 e. The zero-order valence-electron chi connectivity index (χ0n) is 27.4. The number of benzene rings is 1. The highest BCUT2D eigenvalue weighted by molar-refractivity contribution is 6.34. The van der Waals surface area contributed by atoms with Gasteiger partial charge in [-0.1, -0.05) is 11.6 Å². The molecule has 18 nitrogen and oxygen atoms in total. The first-order valence-corrected chi connectivity index (χ1v) is 16.1. The summed E-state index contributed by atoms with van der Waals surface area (Å²) < 4.78 is 44.0. The number of carbonyl (C=O) groups excluding carboxylic acids is 3. The lowest BCUT2D eigenvalue weighted by molar-refractivity contribution is -0.385. The number of likely N-dealkylation sites (tertiary alicyclic amines) is 1. The van der Waals surface area contributed by atoms with Crippen molar-refractivity contribution in [1.82, 2.24) is 39.0 Å². The van der Waals surface area contributed by atoms with E-state index in [1.165, 1.54) is 35.0 Å². The van der Waals surface area contributed by atoms with Crippen LogP contribution in [0.3, 0.4) is 0 Å². The minimum Gasteiger partial charge on any atom is -0.465 e. The van der Waals surface area contributed by atoms with Crippen molar-refractivity contribution in [2.45, 2.75) is 24.7 Å². The molecule has 4 aromatic rings. The molecule has 0 aliphatic carbocycles. The Balaban J connectivity index is 1.12. The molecule has 0 bridgehead atoms. The molecule has 0 spiro atoms. The summed E-state index contributed by atoms with van der Waals surface area (Å²) in [6.45, 7) is 0.344. The van der Waals surface area contributed by atoms with Crippen molar-refractivity contribution in [3.63, 3.8) is 0 Å². The van der Waals surface area contributed by atoms with Crippen LogP contribution in [0, 0.1) is 10.1 Å². The monoisotopic (exact) mass is 760 g/mol. The van der Waals surface area contributed by atoms with Crippen molar-refractivity contribution < 1.29 is 47.5 Å². The SMILES string of the molecule is Cn1c(-c2cn(-c3ccc([N+](=O)[O-])cn3)nc2C(F)(F)F)cnc1C(=O)Nc1ccc(C(=O)N2CCN(C(=O)[C@@H]3C[C@@H](O)CN3C(=O)O)CC2)c(Cl)c1. The van der Waals surface area contributed by atoms with Gasteiger partial charge in [-0.25, -0.2) is 19.4 Å². The van der Waals surface area contributed by atoms with Gasteiger partial charge in [0.25, 0.3) is 17.5 Å². The molecule has 4 amide bonds. The number of aliphatic hydroxyl groups excluding tert-OH is 1. The van der Waals surface area contributed by atoms with Crippen molar-refractivity contribution in [3.8, 4) is 17.1 Å². The first kappa shape index (κ1) is 36.7. The third-order valence-electron chi connectivity index (χ3n) is 8.77. The molecule has 1 aromatic carbocycles. The van der Waals surface area contributed by atoms with Gasteiger partial charge in [0, 0.05) is 57.6 Å². The van der Waals surface area contributed by atoms with Gasteiger partial charge in [-0.2, -0.15) is 18.3 Å². The topological polar surface area (TPSA) is 222 Å². The summed E-state index contributed by atoms with van der Waals surface area (Å²) in [7, 11) is 1.32. The van der Waals surface area contributed by atoms with Crippen LogP contribution in [-0.4, -0.2) is 123 Å². The highest BCUT2D eigenvalue weighted by Gasteiger charge is 2.42. The lowest BCUT2D eigenvalue weighted by Crippen LogP contribution is -2.55. The second-order valence-corrected chi connectivity index (χ2v) is 12.5. The van der Waals surface area contributed by atoms with E-state index >= 15 is 0 Å². The number of rotatable bonds is 7. The van der Waals surface area contributed by atoms with Gasteiger partial charge >= 0.3 is 12.3 Å². The van der Waals surface area contributed by atoms with Gasteiger partial charge in [-0.15, -0.1) is 0 Å². The molecule has 6 rings (SSSR count). The molecule has 2 aliphatic heterocycles. The number of alkyl halides is 3. The summed E-state index contributed by atoms with van der Waals surface area (Å²) in [6.07, 6.45) is -4.27. The lowest BCUT2D eigenvalue weighted by Gasteiger charge is -2.37. The Labute approximate surface area is 301 Å². The zero-order valence-corrected chi connectivity index (χ0v) is 28.2. The lowest BCUT2D eigenvalue weighted by atomic mass is 10.1. The third-order valence-corrected chi connectivity index (χ3v) is 9.09. The van der Waals surface area contributed by atoms with Gasteiger partial charge in [-0.05, 0) is 24.3 Å². The summed E-state index contributed by atoms with van der Waals surface area (Å²) in [4.78, 5) is 72.9. The molecular weight excluding hydrogens is 733 g/mol. The van der Waals surface area contributed by atoms with Gasteiger partial charge in [0.2, 0.25) is 5.91 Å². The van der Waals surface area contributed by atoms with E-state index in [4.69, 9.17) is 11.6 Å². The molecule has 0 saturated carbocycles. The quantitative estimate of drug-likeness (QED) is 0.184. The molecule has 22 heteroatoms. The number of nitrogens with zero attached hydrogens (tertiary/aromatic N) is 9. The van der Waals surface area contributed by atoms with E-state index in [0.717, 1.165) is 44.9 Å². The molecule has 53 heavy (non-hydrogen) atoms. The van der Waals surface area contributed by atoms with Crippen molar-refractivity contribution in [2.24, 2.45) is 7.05 Å². The molecule has 2 saturated heterocycles. The second-order valence-electron chi connectivity index (χ2n) is 12.1. The summed E-state index contributed by atoms with van der Waals surface area (Å²) >= 11 is 6.43. The Morgan fingerprint density at radius 1 is 1.04 bits per heavy atom. The van der Waals surface area contributed by atoms with Crippen LogP contribution in [0.1, 0.15) is 33.1 Å². The molecule has 0 radical (unpaired) electrons. The fourth-order valence-electron chi connectivity index (χ4n) is 6.10. The van der Waals surface area contributed by atoms with Gasteiger partial charge in [0.05, 0.1) is 45.6 Å². The average Bonchev–Trinajstić information content (AvgIpc) is 3.84. The van der Waals surface area contributed by atoms with Crippen LogP contribution in [-0.2, 0) is 18.0 Å². The molecule has 278 valence electrons. The predicted molar refractivity (Wildman–Crippen MR) is 176 cm³/mol. The van der Waals surface area contributed by atoms with Crippen LogP contribution < -0.4 is 5.32 Å². The fraction of sp³-hybridized carbons (Fsp3) is 0.323. The number of pyridine rings is 1. The average molecular weight is 761 g/mol. The predicted octanol–water partition coefficient (Wildman–Crippen LogP) is 2.90. The molecule has 5 heterocycles. The molecule has 2 fully saturated rings. The number of anilines is 1. The van der Waals surface area contributed by atoms with Crippen LogP contribution in [0.5, 0.6) is 0 Å². The van der Waals surface area contributed by atoms with Gasteiger partial charge < -0.3 is 29.9 Å². The van der Waals surface area contributed by atoms with Crippen molar-refractivity contribution in [2.75, 3.05) is 38.0 Å². The summed E-state index contributed by atoms with van der Waals surface area (Å²) in [6, 6.07) is 5.27. The van der Waals surface area contributed by atoms with E-state index in [0.29, 0.717) is 0 Å². The first-order chi connectivity index (χ1) is 25.0. The fourth-order valence-corrected chi connectivity index (χ4v) is 6.37. The Morgan fingerprint density at radius 3 is 2.34 bits per heavy atom. The molecule has 3 N–H and O–H groups in total. The van der Waals surface area contributed by atoms with Crippen LogP contribution in [0.2, 0.25) is 5.02 Å². The minimum absolute atomic E-state index is 0.0151. The summed E-state index contributed by atoms with van der Waals surface area (Å²) in [5.41, 5.74) is -2.01. The number of β-amino-alcohol motifs (C(OH)–C–C–N with tert-alkyl or cyclic N) is 1. The van der Waals surface area contributed by atoms with E-state index in [-0.39, 0.29) is 78.4 Å². The minimum atomic E-state index is -4.93. The number of nitro groups is 1. The Bertz CT molecular complexity index is 2110. The van der Waals surface area contributed by atoms with E-state index in [1.54, 1.807) is 0 Å². The number of imidazole rings is 1. The molecule has 0 unspecified atom stereocenters. The van der Waals surface area contributed by atoms with E-state index in [9.17, 15) is 52.7 Å². The molecule has 2 aliphatic rings. The Morgan fingerprint density at radius 2 is 1.74 bits per heavy atom. The van der Waals surface area contributed by atoms with Crippen molar-refractivity contribution in [1.29, 1.82) is 0 Å². The van der Waals surface area contributed by atoms with Gasteiger partial charge in [-0.3, -0.25) is 29.4 Å². The van der Waals surface area contributed by atoms with Crippen LogP contribution in [0.25, 0.3) is 17.1 Å². The number of carbonyl (C=O) groups is 4. The Hall–Kier alpha value is -6.09. The van der Waals surface area contributed by atoms with Crippen LogP contribution in [0.15, 0.2) is 48.9 Å². The zero-order chi connectivity index (χ0) is 38.4. The van der Waals surface area contributed by atoms with Gasteiger partial charge in [0.15, 0.2) is 17.3 Å². The highest BCUT2D eigenvalue weighted by Crippen LogP contribution is 2.37. The third kappa shape index (κ3) is 7.33. The number of nitrogens with one attached hydrogen (secondary N) is 1. The van der Waals surface area contributed by atoms with E-state index in [2.05, 4.69) is 20.4 Å². The summed E-state index contributed by atoms with van der Waals surface area (Å²) in [5.74, 6) is -2.13. The van der Waals surface area contributed by atoms with E-state index in [1.807, 2.05) is 0 Å². The maximum atomic E-state index is 14.0. The number of carboxylic acid groups (broad SMARTS) is 1. The number of aromatic nitrogens is 5. The first-order valence-electron chi connectivity index (χ1n) is 15.7.